The zero-order chi connectivity index (χ0) is 11.8. The molecule has 0 spiro atoms. The lowest BCUT2D eigenvalue weighted by molar-refractivity contribution is 0.591. The van der Waals surface area contributed by atoms with Crippen molar-refractivity contribution >= 4 is 26.7 Å². The normalized spacial score (nSPS) is 12.0. The van der Waals surface area contributed by atoms with Crippen LogP contribution in [-0.2, 0) is 5.41 Å². The molecule has 0 aliphatic rings. The van der Waals surface area contributed by atoms with E-state index in [0.717, 1.165) is 17.2 Å². The maximum atomic E-state index is 4.53. The Hall–Kier alpha value is -1.09. The summed E-state index contributed by atoms with van der Waals surface area (Å²) in [5, 5.41) is 4.28. The molecule has 0 bridgehead atoms. The second kappa shape index (κ2) is 4.06. The van der Waals surface area contributed by atoms with Crippen LogP contribution in [0.2, 0.25) is 0 Å². The highest BCUT2D eigenvalue weighted by Gasteiger charge is 2.14. The topological polar surface area (TPSA) is 24.9 Å². The summed E-state index contributed by atoms with van der Waals surface area (Å²) in [5.41, 5.74) is 2.66. The SMILES string of the molecule is CCNc1nc2ccc(C(C)(C)C)cc2s1. The van der Waals surface area contributed by atoms with Gasteiger partial charge in [-0.15, -0.1) is 0 Å². The Morgan fingerprint density at radius 1 is 1.31 bits per heavy atom. The highest BCUT2D eigenvalue weighted by molar-refractivity contribution is 7.22. The summed E-state index contributed by atoms with van der Waals surface area (Å²) in [6.07, 6.45) is 0. The lowest BCUT2D eigenvalue weighted by Gasteiger charge is -2.18. The molecular weight excluding hydrogens is 216 g/mol. The fourth-order valence-electron chi connectivity index (χ4n) is 1.62. The molecule has 2 nitrogen and oxygen atoms in total. The van der Waals surface area contributed by atoms with Crippen LogP contribution >= 0.6 is 11.3 Å². The Bertz CT molecular complexity index is 494. The average Bonchev–Trinajstić information content (AvgIpc) is 2.57. The van der Waals surface area contributed by atoms with E-state index < -0.39 is 0 Å². The Labute approximate surface area is 101 Å². The van der Waals surface area contributed by atoms with Gasteiger partial charge in [-0.1, -0.05) is 38.2 Å². The summed E-state index contributed by atoms with van der Waals surface area (Å²) in [4.78, 5) is 4.53. The number of benzene rings is 1. The summed E-state index contributed by atoms with van der Waals surface area (Å²) >= 11 is 1.73. The van der Waals surface area contributed by atoms with E-state index >= 15 is 0 Å². The third-order valence-electron chi connectivity index (χ3n) is 2.58. The van der Waals surface area contributed by atoms with Crippen molar-refractivity contribution in [3.05, 3.63) is 23.8 Å². The van der Waals surface area contributed by atoms with Gasteiger partial charge in [-0.2, -0.15) is 0 Å². The highest BCUT2D eigenvalue weighted by atomic mass is 32.1. The molecule has 0 aliphatic carbocycles. The summed E-state index contributed by atoms with van der Waals surface area (Å²) in [5.74, 6) is 0. The van der Waals surface area contributed by atoms with Crippen LogP contribution in [0.25, 0.3) is 10.2 Å². The number of nitrogens with zero attached hydrogens (tertiary/aromatic N) is 1. The van der Waals surface area contributed by atoms with Gasteiger partial charge in [0.2, 0.25) is 0 Å². The van der Waals surface area contributed by atoms with Gasteiger partial charge < -0.3 is 5.32 Å². The van der Waals surface area contributed by atoms with Crippen molar-refractivity contribution in [1.82, 2.24) is 4.98 Å². The minimum atomic E-state index is 0.205. The quantitative estimate of drug-likeness (QED) is 0.848. The van der Waals surface area contributed by atoms with Crippen LogP contribution in [0.5, 0.6) is 0 Å². The second-order valence-corrected chi connectivity index (χ2v) is 6.01. The molecule has 0 saturated heterocycles. The van der Waals surface area contributed by atoms with Crippen molar-refractivity contribution in [3.63, 3.8) is 0 Å². The predicted octanol–water partition coefficient (Wildman–Crippen LogP) is 4.03. The number of hydrogen-bond donors (Lipinski definition) is 1. The van der Waals surface area contributed by atoms with Crippen molar-refractivity contribution < 1.29 is 0 Å². The van der Waals surface area contributed by atoms with E-state index in [1.165, 1.54) is 10.3 Å². The molecule has 0 aliphatic heterocycles. The number of aromatic nitrogens is 1. The maximum Gasteiger partial charge on any atom is 0.183 e. The molecule has 2 rings (SSSR count). The Balaban J connectivity index is 2.46. The number of thiazole rings is 1. The van der Waals surface area contributed by atoms with Gasteiger partial charge in [-0.05, 0) is 30.0 Å². The van der Waals surface area contributed by atoms with Crippen molar-refractivity contribution in [2.75, 3.05) is 11.9 Å². The van der Waals surface area contributed by atoms with E-state index in [-0.39, 0.29) is 5.41 Å². The minimum Gasteiger partial charge on any atom is -0.362 e. The molecule has 1 N–H and O–H groups in total. The number of anilines is 1. The fourth-order valence-corrected chi connectivity index (χ4v) is 2.59. The van der Waals surface area contributed by atoms with Crippen LogP contribution < -0.4 is 5.32 Å². The van der Waals surface area contributed by atoms with Gasteiger partial charge in [-0.3, -0.25) is 0 Å². The zero-order valence-electron chi connectivity index (χ0n) is 10.3. The van der Waals surface area contributed by atoms with E-state index in [4.69, 9.17) is 0 Å². The van der Waals surface area contributed by atoms with Crippen LogP contribution in [0.1, 0.15) is 33.3 Å². The third-order valence-corrected chi connectivity index (χ3v) is 3.56. The highest BCUT2D eigenvalue weighted by Crippen LogP contribution is 2.30. The van der Waals surface area contributed by atoms with Crippen LogP contribution in [0.3, 0.4) is 0 Å². The second-order valence-electron chi connectivity index (χ2n) is 4.98. The van der Waals surface area contributed by atoms with E-state index in [1.54, 1.807) is 11.3 Å². The molecule has 16 heavy (non-hydrogen) atoms. The molecule has 86 valence electrons. The summed E-state index contributed by atoms with van der Waals surface area (Å²) in [7, 11) is 0. The summed E-state index contributed by atoms with van der Waals surface area (Å²) < 4.78 is 1.27. The van der Waals surface area contributed by atoms with Crippen molar-refractivity contribution in [2.24, 2.45) is 0 Å². The smallest absolute Gasteiger partial charge is 0.183 e. The van der Waals surface area contributed by atoms with E-state index in [1.807, 2.05) is 0 Å². The van der Waals surface area contributed by atoms with Gasteiger partial charge in [0, 0.05) is 6.54 Å². The van der Waals surface area contributed by atoms with Gasteiger partial charge in [0.05, 0.1) is 10.2 Å². The van der Waals surface area contributed by atoms with E-state index in [0.29, 0.717) is 0 Å². The van der Waals surface area contributed by atoms with Gasteiger partial charge >= 0.3 is 0 Å². The first-order valence-electron chi connectivity index (χ1n) is 5.65. The molecule has 1 aromatic carbocycles. The van der Waals surface area contributed by atoms with Crippen molar-refractivity contribution in [3.8, 4) is 0 Å². The van der Waals surface area contributed by atoms with Crippen LogP contribution in [0.15, 0.2) is 18.2 Å². The van der Waals surface area contributed by atoms with Gasteiger partial charge in [0.1, 0.15) is 0 Å². The molecule has 0 saturated carbocycles. The first-order chi connectivity index (χ1) is 7.50. The number of nitrogens with one attached hydrogen (secondary N) is 1. The van der Waals surface area contributed by atoms with Crippen LogP contribution in [-0.4, -0.2) is 11.5 Å². The van der Waals surface area contributed by atoms with Crippen molar-refractivity contribution in [2.45, 2.75) is 33.1 Å². The number of fused-ring (bicyclic) bond motifs is 1. The molecule has 0 radical (unpaired) electrons. The Morgan fingerprint density at radius 2 is 2.06 bits per heavy atom. The average molecular weight is 234 g/mol. The van der Waals surface area contributed by atoms with Gasteiger partial charge in [0.15, 0.2) is 5.13 Å². The van der Waals surface area contributed by atoms with Crippen molar-refractivity contribution in [1.29, 1.82) is 0 Å². The predicted molar refractivity (Wildman–Crippen MR) is 72.5 cm³/mol. The largest absolute Gasteiger partial charge is 0.362 e. The van der Waals surface area contributed by atoms with Crippen LogP contribution in [0.4, 0.5) is 5.13 Å². The molecule has 0 atom stereocenters. The first kappa shape index (κ1) is 11.4. The zero-order valence-corrected chi connectivity index (χ0v) is 11.1. The standard InChI is InChI=1S/C13H18N2S/c1-5-14-12-15-10-7-6-9(13(2,3)4)8-11(10)16-12/h6-8H,5H2,1-4H3,(H,14,15). The van der Waals surface area contributed by atoms with E-state index in [2.05, 4.69) is 56.2 Å². The monoisotopic (exact) mass is 234 g/mol. The molecular formula is C13H18N2S. The molecule has 0 amide bonds. The molecule has 0 unspecified atom stereocenters. The van der Waals surface area contributed by atoms with Crippen LogP contribution in [0, 0.1) is 0 Å². The lowest BCUT2D eigenvalue weighted by atomic mass is 9.87. The third kappa shape index (κ3) is 2.19. The van der Waals surface area contributed by atoms with Gasteiger partial charge in [-0.25, -0.2) is 4.98 Å². The molecule has 2 aromatic rings. The maximum absolute atomic E-state index is 4.53. The minimum absolute atomic E-state index is 0.205. The van der Waals surface area contributed by atoms with Gasteiger partial charge in [0.25, 0.3) is 0 Å². The first-order valence-corrected chi connectivity index (χ1v) is 6.47. The molecule has 1 aromatic heterocycles. The molecule has 3 heteroatoms. The Kier molecular flexibility index (Phi) is 2.89. The Morgan fingerprint density at radius 3 is 2.69 bits per heavy atom. The fraction of sp³-hybridized carbons (Fsp3) is 0.462. The molecule has 0 fully saturated rings. The summed E-state index contributed by atoms with van der Waals surface area (Å²) in [6.45, 7) is 9.72. The lowest BCUT2D eigenvalue weighted by Crippen LogP contribution is -2.10. The van der Waals surface area contributed by atoms with E-state index in [9.17, 15) is 0 Å². The summed E-state index contributed by atoms with van der Waals surface area (Å²) in [6, 6.07) is 6.55. The number of rotatable bonds is 2. The number of hydrogen-bond acceptors (Lipinski definition) is 3. The molecule has 1 heterocycles.